The Balaban J connectivity index is 1.95. The van der Waals surface area contributed by atoms with Crippen LogP contribution in [0, 0.1) is 0 Å². The minimum atomic E-state index is -2.71. The highest BCUT2D eigenvalue weighted by Crippen LogP contribution is 2.21. The van der Waals surface area contributed by atoms with E-state index in [1.54, 1.807) is 11.8 Å². The molecule has 0 aliphatic rings. The molecule has 1 aromatic heterocycles. The summed E-state index contributed by atoms with van der Waals surface area (Å²) in [5.74, 6) is 0.381. The number of esters is 1. The van der Waals surface area contributed by atoms with Crippen molar-refractivity contribution in [2.24, 2.45) is 7.05 Å². The van der Waals surface area contributed by atoms with Crippen LogP contribution < -0.4 is 0 Å². The van der Waals surface area contributed by atoms with Gasteiger partial charge in [-0.15, -0.1) is 11.8 Å². The van der Waals surface area contributed by atoms with Gasteiger partial charge in [-0.3, -0.25) is 4.68 Å². The fourth-order valence-electron chi connectivity index (χ4n) is 2.07. The lowest BCUT2D eigenvalue weighted by Crippen LogP contribution is -2.10. The van der Waals surface area contributed by atoms with E-state index >= 15 is 0 Å². The molecular weight excluding hydrogens is 334 g/mol. The van der Waals surface area contributed by atoms with Gasteiger partial charge in [-0.2, -0.15) is 5.10 Å². The summed E-state index contributed by atoms with van der Waals surface area (Å²) in [4.78, 5) is 13.2. The van der Waals surface area contributed by atoms with Crippen LogP contribution in [-0.2, 0) is 18.4 Å². The van der Waals surface area contributed by atoms with E-state index in [0.717, 1.165) is 39.8 Å². The molecule has 4 nitrogen and oxygen atoms in total. The second kappa shape index (κ2) is 8.82. The van der Waals surface area contributed by atoms with Crippen molar-refractivity contribution in [2.45, 2.75) is 37.7 Å². The van der Waals surface area contributed by atoms with Gasteiger partial charge in [0.15, 0.2) is 0 Å². The monoisotopic (exact) mass is 354 g/mol. The molecule has 0 aliphatic heterocycles. The van der Waals surface area contributed by atoms with Gasteiger partial charge in [0.1, 0.15) is 18.0 Å². The van der Waals surface area contributed by atoms with Gasteiger partial charge in [-0.1, -0.05) is 25.5 Å². The largest absolute Gasteiger partial charge is 0.456 e. The molecule has 0 amide bonds. The Morgan fingerprint density at radius 3 is 2.83 bits per heavy atom. The number of rotatable bonds is 8. The molecule has 0 radical (unpaired) electrons. The summed E-state index contributed by atoms with van der Waals surface area (Å²) >= 11 is 1.76. The van der Waals surface area contributed by atoms with E-state index in [2.05, 4.69) is 12.0 Å². The molecule has 0 spiro atoms. The number of halogens is 2. The molecule has 7 heteroatoms. The van der Waals surface area contributed by atoms with Gasteiger partial charge in [0.2, 0.25) is 0 Å². The predicted molar refractivity (Wildman–Crippen MR) is 89.4 cm³/mol. The molecule has 0 aliphatic carbocycles. The lowest BCUT2D eigenvalue weighted by atomic mass is 10.2. The zero-order chi connectivity index (χ0) is 17.5. The Bertz CT molecular complexity index is 689. The predicted octanol–water partition coefficient (Wildman–Crippen LogP) is 4.61. The number of carbonyl (C=O) groups is 1. The summed E-state index contributed by atoms with van der Waals surface area (Å²) in [6.45, 7) is 2.24. The minimum Gasteiger partial charge on any atom is -0.456 e. The summed E-state index contributed by atoms with van der Waals surface area (Å²) < 4.78 is 31.6. The Morgan fingerprint density at radius 1 is 1.38 bits per heavy atom. The van der Waals surface area contributed by atoms with Gasteiger partial charge in [-0.05, 0) is 35.9 Å². The summed E-state index contributed by atoms with van der Waals surface area (Å²) in [6, 6.07) is 8.83. The third-order valence-electron chi connectivity index (χ3n) is 3.37. The van der Waals surface area contributed by atoms with E-state index in [1.165, 1.54) is 7.05 Å². The maximum absolute atomic E-state index is 12.6. The first-order chi connectivity index (χ1) is 11.5. The third-order valence-corrected chi connectivity index (χ3v) is 4.45. The molecule has 24 heavy (non-hydrogen) atoms. The van der Waals surface area contributed by atoms with E-state index < -0.39 is 18.1 Å². The number of alkyl halides is 2. The van der Waals surface area contributed by atoms with Crippen LogP contribution in [0.2, 0.25) is 0 Å². The van der Waals surface area contributed by atoms with E-state index in [-0.39, 0.29) is 12.3 Å². The number of carbonyl (C=O) groups excluding carboxylic acids is 1. The number of hydrogen-bond donors (Lipinski definition) is 0. The van der Waals surface area contributed by atoms with Crippen LogP contribution in [0.15, 0.2) is 35.2 Å². The van der Waals surface area contributed by atoms with Crippen LogP contribution in [-0.4, -0.2) is 21.5 Å². The SMILES string of the molecule is CCCCSc1cccc(COC(=O)c2cc(C(F)F)nn2C)c1. The molecule has 0 atom stereocenters. The van der Waals surface area contributed by atoms with Crippen molar-refractivity contribution in [3.05, 3.63) is 47.3 Å². The molecule has 1 heterocycles. The summed E-state index contributed by atoms with van der Waals surface area (Å²) in [5, 5.41) is 3.60. The molecule has 1 aromatic carbocycles. The molecule has 0 bridgehead atoms. The maximum atomic E-state index is 12.6. The fourth-order valence-corrected chi connectivity index (χ4v) is 3.15. The lowest BCUT2D eigenvalue weighted by Gasteiger charge is -2.07. The van der Waals surface area contributed by atoms with E-state index in [0.29, 0.717) is 0 Å². The van der Waals surface area contributed by atoms with Crippen LogP contribution in [0.25, 0.3) is 0 Å². The summed E-state index contributed by atoms with van der Waals surface area (Å²) in [7, 11) is 1.44. The van der Waals surface area contributed by atoms with Crippen molar-refractivity contribution >= 4 is 17.7 Å². The van der Waals surface area contributed by atoms with E-state index in [9.17, 15) is 13.6 Å². The first-order valence-electron chi connectivity index (χ1n) is 7.72. The Labute approximate surface area is 144 Å². The van der Waals surface area contributed by atoms with Gasteiger partial charge in [0, 0.05) is 11.9 Å². The van der Waals surface area contributed by atoms with Gasteiger partial charge in [-0.25, -0.2) is 13.6 Å². The zero-order valence-corrected chi connectivity index (χ0v) is 14.5. The number of aryl methyl sites for hydroxylation is 1. The number of unbranched alkanes of at least 4 members (excludes halogenated alkanes) is 1. The molecule has 0 unspecified atom stereocenters. The molecular formula is C17H20F2N2O2S. The highest BCUT2D eigenvalue weighted by molar-refractivity contribution is 7.99. The molecule has 0 N–H and O–H groups in total. The second-order valence-electron chi connectivity index (χ2n) is 5.30. The summed E-state index contributed by atoms with van der Waals surface area (Å²) in [6.07, 6.45) is -0.415. The number of thioether (sulfide) groups is 1. The van der Waals surface area contributed by atoms with Crippen molar-refractivity contribution in [1.82, 2.24) is 9.78 Å². The topological polar surface area (TPSA) is 44.1 Å². The third kappa shape index (κ3) is 5.06. The molecule has 130 valence electrons. The minimum absolute atomic E-state index is 0.0128. The van der Waals surface area contributed by atoms with Crippen LogP contribution in [0.3, 0.4) is 0 Å². The van der Waals surface area contributed by atoms with Crippen molar-refractivity contribution in [3.63, 3.8) is 0 Å². The van der Waals surface area contributed by atoms with Crippen molar-refractivity contribution in [2.75, 3.05) is 5.75 Å². The quantitative estimate of drug-likeness (QED) is 0.395. The smallest absolute Gasteiger partial charge is 0.356 e. The highest BCUT2D eigenvalue weighted by Gasteiger charge is 2.19. The summed E-state index contributed by atoms with van der Waals surface area (Å²) in [5.41, 5.74) is 0.443. The number of nitrogens with zero attached hydrogens (tertiary/aromatic N) is 2. The molecule has 2 rings (SSSR count). The van der Waals surface area contributed by atoms with Crippen molar-refractivity contribution < 1.29 is 18.3 Å². The van der Waals surface area contributed by atoms with Crippen LogP contribution in [0.4, 0.5) is 8.78 Å². The van der Waals surface area contributed by atoms with Gasteiger partial charge < -0.3 is 4.74 Å². The number of aromatic nitrogens is 2. The first-order valence-corrected chi connectivity index (χ1v) is 8.70. The second-order valence-corrected chi connectivity index (χ2v) is 6.47. The van der Waals surface area contributed by atoms with Gasteiger partial charge in [0.05, 0.1) is 0 Å². The van der Waals surface area contributed by atoms with Crippen LogP contribution >= 0.6 is 11.8 Å². The number of ether oxygens (including phenoxy) is 1. The first kappa shape index (κ1) is 18.4. The Hall–Kier alpha value is -1.89. The molecule has 0 saturated heterocycles. The van der Waals surface area contributed by atoms with E-state index in [4.69, 9.17) is 4.74 Å². The molecule has 0 saturated carbocycles. The average Bonchev–Trinajstić information content (AvgIpc) is 2.96. The average molecular weight is 354 g/mol. The van der Waals surface area contributed by atoms with Crippen molar-refractivity contribution in [3.8, 4) is 0 Å². The highest BCUT2D eigenvalue weighted by atomic mass is 32.2. The van der Waals surface area contributed by atoms with Crippen LogP contribution in [0.1, 0.15) is 47.9 Å². The normalized spacial score (nSPS) is 11.0. The Morgan fingerprint density at radius 2 is 2.17 bits per heavy atom. The maximum Gasteiger partial charge on any atom is 0.356 e. The molecule has 2 aromatic rings. The van der Waals surface area contributed by atoms with Crippen LogP contribution in [0.5, 0.6) is 0 Å². The fraction of sp³-hybridized carbons (Fsp3) is 0.412. The van der Waals surface area contributed by atoms with Gasteiger partial charge in [0.25, 0.3) is 6.43 Å². The number of hydrogen-bond acceptors (Lipinski definition) is 4. The van der Waals surface area contributed by atoms with Gasteiger partial charge >= 0.3 is 5.97 Å². The zero-order valence-electron chi connectivity index (χ0n) is 13.7. The standard InChI is InChI=1S/C17H20F2N2O2S/c1-3-4-8-24-13-7-5-6-12(9-13)11-23-17(22)15-10-14(16(18)19)20-21(15)2/h5-7,9-10,16H,3-4,8,11H2,1-2H3. The number of benzene rings is 1. The van der Waals surface area contributed by atoms with Crippen molar-refractivity contribution in [1.29, 1.82) is 0 Å². The lowest BCUT2D eigenvalue weighted by molar-refractivity contribution is 0.0459. The Kier molecular flexibility index (Phi) is 6.78. The molecule has 0 fully saturated rings. The van der Waals surface area contributed by atoms with E-state index in [1.807, 2.05) is 24.3 Å².